The highest BCUT2D eigenvalue weighted by molar-refractivity contribution is 5.70. The number of aliphatic carboxylic acids is 1. The van der Waals surface area contributed by atoms with E-state index in [1.54, 1.807) is 0 Å². The normalized spacial score (nSPS) is 13.8. The molecule has 0 bridgehead atoms. The Kier molecular flexibility index (Phi) is 57.2. The van der Waals surface area contributed by atoms with Crippen molar-refractivity contribution in [2.24, 2.45) is 0 Å². The molecular formula is C72H115NO8. The van der Waals surface area contributed by atoms with Gasteiger partial charge in [-0.05, 0) is 122 Å². The van der Waals surface area contributed by atoms with Gasteiger partial charge in [-0.25, -0.2) is 0 Å². The van der Waals surface area contributed by atoms with Crippen molar-refractivity contribution in [2.75, 3.05) is 47.5 Å². The third-order valence-corrected chi connectivity index (χ3v) is 12.8. The van der Waals surface area contributed by atoms with Crippen molar-refractivity contribution in [3.63, 3.8) is 0 Å². The molecule has 9 nitrogen and oxygen atoms in total. The number of hydrogen-bond acceptors (Lipinski definition) is 8. The standard InChI is InChI=1S/C72H115NO8/c1-6-8-10-12-14-16-18-20-22-24-26-28-30-31-32-33-34-35-36-37-38-39-41-43-45-47-49-51-53-55-57-59-61-63-70(75)81-68(67-80-72(71(76)77)78-65-64-73(3,4)5)66-79-69(74)62-60-58-56-54-52-50-48-46-44-42-40-29-27-25-23-21-19-17-15-13-11-9-7-2/h8-11,14-17,20-23,26-29,31-32,34-35,37-38,42,44,48,50,68,72H,6-7,12-13,18-19,24-25,30,33,36,39-41,43,45-47,49,51-67H2,1-5H3/b10-8-,11-9-,16-14-,17-15-,22-20-,23-21-,28-26-,29-27-,32-31-,35-34-,38-37-,44-42-,50-48-. The molecule has 0 aromatic rings. The first-order chi connectivity index (χ1) is 39.6. The number of esters is 2. The van der Waals surface area contributed by atoms with Gasteiger partial charge in [0.05, 0.1) is 40.3 Å². The summed E-state index contributed by atoms with van der Waals surface area (Å²) in [4.78, 5) is 37.4. The highest BCUT2D eigenvalue weighted by atomic mass is 16.7. The molecule has 0 heterocycles. The van der Waals surface area contributed by atoms with E-state index in [4.69, 9.17) is 18.9 Å². The molecule has 0 saturated carbocycles. The van der Waals surface area contributed by atoms with Gasteiger partial charge in [-0.15, -0.1) is 0 Å². The highest BCUT2D eigenvalue weighted by Crippen LogP contribution is 2.15. The van der Waals surface area contributed by atoms with Crippen molar-refractivity contribution in [3.8, 4) is 0 Å². The molecule has 0 spiro atoms. The van der Waals surface area contributed by atoms with E-state index in [0.717, 1.165) is 135 Å². The summed E-state index contributed by atoms with van der Waals surface area (Å²) in [6.07, 6.45) is 87.2. The summed E-state index contributed by atoms with van der Waals surface area (Å²) in [7, 11) is 5.90. The van der Waals surface area contributed by atoms with Crippen LogP contribution in [0.3, 0.4) is 0 Å². The van der Waals surface area contributed by atoms with Crippen LogP contribution in [0.15, 0.2) is 158 Å². The van der Waals surface area contributed by atoms with Gasteiger partial charge in [0.25, 0.3) is 0 Å². The van der Waals surface area contributed by atoms with E-state index in [9.17, 15) is 19.5 Å². The van der Waals surface area contributed by atoms with Crippen LogP contribution in [0.2, 0.25) is 0 Å². The fourth-order valence-corrected chi connectivity index (χ4v) is 7.99. The number of carbonyl (C=O) groups is 3. The lowest BCUT2D eigenvalue weighted by Gasteiger charge is -2.26. The minimum atomic E-state index is -1.64. The smallest absolute Gasteiger partial charge is 0.306 e. The monoisotopic (exact) mass is 1120 g/mol. The van der Waals surface area contributed by atoms with E-state index in [1.165, 1.54) is 44.9 Å². The van der Waals surface area contributed by atoms with Crippen LogP contribution >= 0.6 is 0 Å². The molecule has 0 amide bonds. The van der Waals surface area contributed by atoms with E-state index in [0.29, 0.717) is 23.9 Å². The largest absolute Gasteiger partial charge is 0.545 e. The predicted octanol–water partition coefficient (Wildman–Crippen LogP) is 18.0. The third-order valence-electron chi connectivity index (χ3n) is 12.8. The summed E-state index contributed by atoms with van der Waals surface area (Å²) >= 11 is 0. The lowest BCUT2D eigenvalue weighted by molar-refractivity contribution is -0.870. The van der Waals surface area contributed by atoms with Crippen LogP contribution in [-0.2, 0) is 33.3 Å². The molecule has 2 atom stereocenters. The minimum absolute atomic E-state index is 0.134. The molecule has 0 saturated heterocycles. The Morgan fingerprint density at radius 3 is 0.988 bits per heavy atom. The number of ether oxygens (including phenoxy) is 4. The molecule has 456 valence electrons. The second kappa shape index (κ2) is 61.0. The first-order valence-electron chi connectivity index (χ1n) is 31.6. The molecule has 0 N–H and O–H groups in total. The van der Waals surface area contributed by atoms with Crippen molar-refractivity contribution in [1.29, 1.82) is 0 Å². The Morgan fingerprint density at radius 1 is 0.370 bits per heavy atom. The molecule has 0 aromatic carbocycles. The number of carboxylic acids is 1. The average molecular weight is 1120 g/mol. The van der Waals surface area contributed by atoms with Gasteiger partial charge in [0, 0.05) is 12.8 Å². The molecule has 0 aliphatic heterocycles. The second-order valence-electron chi connectivity index (χ2n) is 21.6. The maximum atomic E-state index is 12.9. The first-order valence-corrected chi connectivity index (χ1v) is 31.6. The summed E-state index contributed by atoms with van der Waals surface area (Å²) in [5, 5.41) is 11.8. The van der Waals surface area contributed by atoms with Crippen molar-refractivity contribution in [1.82, 2.24) is 0 Å². The Bertz CT molecular complexity index is 1880. The molecule has 0 rings (SSSR count). The Balaban J connectivity index is 4.27. The molecule has 0 aliphatic rings. The molecule has 0 aromatic heterocycles. The van der Waals surface area contributed by atoms with E-state index >= 15 is 0 Å². The van der Waals surface area contributed by atoms with Crippen LogP contribution in [0.4, 0.5) is 0 Å². The van der Waals surface area contributed by atoms with Crippen molar-refractivity contribution >= 4 is 17.9 Å². The fourth-order valence-electron chi connectivity index (χ4n) is 7.99. The molecule has 81 heavy (non-hydrogen) atoms. The van der Waals surface area contributed by atoms with Gasteiger partial charge < -0.3 is 33.3 Å². The highest BCUT2D eigenvalue weighted by Gasteiger charge is 2.22. The number of hydrogen-bond donors (Lipinski definition) is 0. The molecule has 0 radical (unpaired) electrons. The van der Waals surface area contributed by atoms with E-state index in [2.05, 4.69) is 172 Å². The van der Waals surface area contributed by atoms with Gasteiger partial charge in [0.15, 0.2) is 12.4 Å². The maximum Gasteiger partial charge on any atom is 0.306 e. The van der Waals surface area contributed by atoms with Crippen molar-refractivity contribution < 1.29 is 42.9 Å². The topological polar surface area (TPSA) is 111 Å². The Morgan fingerprint density at radius 2 is 0.667 bits per heavy atom. The van der Waals surface area contributed by atoms with Gasteiger partial charge in [0.1, 0.15) is 13.2 Å². The van der Waals surface area contributed by atoms with Gasteiger partial charge >= 0.3 is 11.9 Å². The Labute approximate surface area is 495 Å². The second-order valence-corrected chi connectivity index (χ2v) is 21.6. The zero-order chi connectivity index (χ0) is 59.1. The molecule has 2 unspecified atom stereocenters. The summed E-state index contributed by atoms with van der Waals surface area (Å²) < 4.78 is 22.7. The number of quaternary nitrogens is 1. The van der Waals surface area contributed by atoms with E-state index in [1.807, 2.05) is 21.1 Å². The fraction of sp³-hybridized carbons (Fsp3) is 0.597. The SMILES string of the molecule is CC/C=C\C/C=C\C/C=C\C/C=C\C/C=C\C/C=C\C/C=C\CCCCCCCCCCCCCC(=O)OC(COC(=O)CCCCCC/C=C\C/C=C\C/C=C\C/C=C\C/C=C\C/C=C\CC)COC(OCC[N+](C)(C)C)C(=O)[O-]. The first kappa shape index (κ1) is 75.9. The number of allylic oxidation sites excluding steroid dienone is 26. The van der Waals surface area contributed by atoms with Gasteiger partial charge in [-0.2, -0.15) is 0 Å². The molecule has 0 fully saturated rings. The van der Waals surface area contributed by atoms with E-state index < -0.39 is 24.3 Å². The average Bonchev–Trinajstić information content (AvgIpc) is 3.44. The van der Waals surface area contributed by atoms with Crippen LogP contribution in [0, 0.1) is 0 Å². The third kappa shape index (κ3) is 62.4. The van der Waals surface area contributed by atoms with Crippen molar-refractivity contribution in [2.45, 2.75) is 232 Å². The number of unbranched alkanes of at least 4 members (excludes halogenated alkanes) is 15. The van der Waals surface area contributed by atoms with Crippen LogP contribution < -0.4 is 5.11 Å². The van der Waals surface area contributed by atoms with Crippen molar-refractivity contribution in [3.05, 3.63) is 158 Å². The number of likely N-dealkylation sites (N-methyl/N-ethyl adjacent to an activating group) is 1. The number of nitrogens with zero attached hydrogens (tertiary/aromatic N) is 1. The van der Waals surface area contributed by atoms with E-state index in [-0.39, 0.29) is 38.6 Å². The molecular weight excluding hydrogens is 1010 g/mol. The quantitative estimate of drug-likeness (QED) is 0.0195. The van der Waals surface area contributed by atoms with Crippen LogP contribution in [0.5, 0.6) is 0 Å². The summed E-state index contributed by atoms with van der Waals surface area (Å²) in [5.74, 6) is -2.34. The van der Waals surface area contributed by atoms with Gasteiger partial charge in [-0.3, -0.25) is 9.59 Å². The number of carboxylic acid groups (broad SMARTS) is 1. The summed E-state index contributed by atoms with van der Waals surface area (Å²) in [5.41, 5.74) is 0. The number of rotatable bonds is 56. The zero-order valence-electron chi connectivity index (χ0n) is 51.8. The minimum Gasteiger partial charge on any atom is -0.545 e. The summed E-state index contributed by atoms with van der Waals surface area (Å²) in [6, 6.07) is 0. The molecule has 9 heteroatoms. The van der Waals surface area contributed by atoms with Gasteiger partial charge in [-0.1, -0.05) is 242 Å². The van der Waals surface area contributed by atoms with Gasteiger partial charge in [0.2, 0.25) is 0 Å². The molecule has 0 aliphatic carbocycles. The van der Waals surface area contributed by atoms with Crippen LogP contribution in [0.25, 0.3) is 0 Å². The van der Waals surface area contributed by atoms with Crippen LogP contribution in [-0.4, -0.2) is 82.3 Å². The predicted molar refractivity (Wildman–Crippen MR) is 342 cm³/mol. The summed E-state index contributed by atoms with van der Waals surface area (Å²) in [6.45, 7) is 4.46. The van der Waals surface area contributed by atoms with Crippen LogP contribution in [0.1, 0.15) is 219 Å². The number of carbonyl (C=O) groups excluding carboxylic acids is 3. The Hall–Kier alpha value is -5.09. The lowest BCUT2D eigenvalue weighted by Crippen LogP contribution is -2.44. The lowest BCUT2D eigenvalue weighted by atomic mass is 10.0. The zero-order valence-corrected chi connectivity index (χ0v) is 51.8. The maximum absolute atomic E-state index is 12.9.